The maximum absolute atomic E-state index is 12.3. The van der Waals surface area contributed by atoms with Crippen molar-refractivity contribution in [2.45, 2.75) is 31.8 Å². The number of aromatic amines is 1. The number of carbonyl (C=O) groups excluding carboxylic acids is 1. The fourth-order valence-electron chi connectivity index (χ4n) is 2.85. The van der Waals surface area contributed by atoms with Crippen molar-refractivity contribution in [3.63, 3.8) is 0 Å². The Kier molecular flexibility index (Phi) is 3.93. The van der Waals surface area contributed by atoms with E-state index in [2.05, 4.69) is 20.5 Å². The predicted octanol–water partition coefficient (Wildman–Crippen LogP) is 2.60. The third kappa shape index (κ3) is 3.26. The van der Waals surface area contributed by atoms with Crippen LogP contribution in [0.25, 0.3) is 11.4 Å². The zero-order valence-corrected chi connectivity index (χ0v) is 13.7. The average Bonchev–Trinajstić information content (AvgIpc) is 3.33. The number of nitrogens with one attached hydrogen (secondary N) is 2. The molecule has 7 nitrogen and oxygen atoms in total. The number of benzene rings is 1. The molecule has 0 radical (unpaired) electrons. The number of hydrogen-bond acceptors (Lipinski definition) is 4. The molecule has 4 rings (SSSR count). The third-order valence-electron chi connectivity index (χ3n) is 4.39. The Balaban J connectivity index is 1.40. The van der Waals surface area contributed by atoms with Crippen molar-refractivity contribution in [2.75, 3.05) is 25.0 Å². The number of ether oxygens (including phenoxy) is 1. The van der Waals surface area contributed by atoms with Gasteiger partial charge in [0.1, 0.15) is 5.82 Å². The van der Waals surface area contributed by atoms with Gasteiger partial charge in [-0.15, -0.1) is 0 Å². The number of H-pyrrole nitrogens is 1. The molecule has 126 valence electrons. The molecule has 1 atom stereocenters. The van der Waals surface area contributed by atoms with E-state index in [1.165, 1.54) is 12.8 Å². The minimum absolute atomic E-state index is 0.0817. The lowest BCUT2D eigenvalue weighted by molar-refractivity contribution is -0.00138. The zero-order chi connectivity index (χ0) is 16.5. The molecular weight excluding hydrogens is 306 g/mol. The molecule has 2 N–H and O–H groups in total. The van der Waals surface area contributed by atoms with Crippen LogP contribution < -0.4 is 5.32 Å². The molecule has 2 amide bonds. The Bertz CT molecular complexity index is 723. The Hall–Kier alpha value is -2.41. The number of rotatable bonds is 3. The summed E-state index contributed by atoms with van der Waals surface area (Å²) >= 11 is 0. The number of hydrogen-bond donors (Lipinski definition) is 2. The molecule has 2 aromatic rings. The number of carbonyl (C=O) groups is 1. The molecule has 1 saturated heterocycles. The highest BCUT2D eigenvalue weighted by Gasteiger charge is 2.27. The van der Waals surface area contributed by atoms with Crippen LogP contribution in [0.15, 0.2) is 24.3 Å². The lowest BCUT2D eigenvalue weighted by atomic mass is 10.2. The van der Waals surface area contributed by atoms with E-state index in [4.69, 9.17) is 4.74 Å². The van der Waals surface area contributed by atoms with E-state index in [1.54, 1.807) is 4.90 Å². The summed E-state index contributed by atoms with van der Waals surface area (Å²) in [6.07, 6.45) is 2.47. The summed E-state index contributed by atoms with van der Waals surface area (Å²) in [5, 5.41) is 10.2. The first-order chi connectivity index (χ1) is 11.7. The van der Waals surface area contributed by atoms with Crippen LogP contribution in [-0.4, -0.2) is 51.9 Å². The predicted molar refractivity (Wildman–Crippen MR) is 89.8 cm³/mol. The van der Waals surface area contributed by atoms with Crippen LogP contribution in [-0.2, 0) is 4.74 Å². The molecule has 1 aromatic carbocycles. The number of amides is 2. The van der Waals surface area contributed by atoms with Crippen LogP contribution in [0.3, 0.4) is 0 Å². The smallest absolute Gasteiger partial charge is 0.322 e. The summed E-state index contributed by atoms with van der Waals surface area (Å²) in [5.41, 5.74) is 1.71. The number of anilines is 1. The van der Waals surface area contributed by atoms with Gasteiger partial charge in [0.2, 0.25) is 0 Å². The topological polar surface area (TPSA) is 83.1 Å². The van der Waals surface area contributed by atoms with Crippen molar-refractivity contribution in [3.8, 4) is 11.4 Å². The highest BCUT2D eigenvalue weighted by molar-refractivity contribution is 5.89. The fraction of sp³-hybridized carbons (Fsp3) is 0.471. The molecule has 0 unspecified atom stereocenters. The van der Waals surface area contributed by atoms with Gasteiger partial charge in [-0.05, 0) is 44.0 Å². The highest BCUT2D eigenvalue weighted by Crippen LogP contribution is 2.38. The first-order valence-electron chi connectivity index (χ1n) is 8.39. The lowest BCUT2D eigenvalue weighted by Crippen LogP contribution is -2.46. The van der Waals surface area contributed by atoms with Gasteiger partial charge in [-0.1, -0.05) is 0 Å². The standard InChI is InChI=1S/C17H21N5O2/c1-11-10-22(8-9-24-11)17(23)18-14-6-4-13(5-7-14)16-19-15(20-21-16)12-2-3-12/h4-7,11-12H,2-3,8-10H2,1H3,(H,18,23)(H,19,20,21)/t11-/m0/s1. The van der Waals surface area contributed by atoms with E-state index in [0.717, 1.165) is 17.1 Å². The van der Waals surface area contributed by atoms with Crippen LogP contribution >= 0.6 is 0 Å². The molecule has 2 heterocycles. The van der Waals surface area contributed by atoms with Crippen molar-refractivity contribution in [1.82, 2.24) is 20.1 Å². The van der Waals surface area contributed by atoms with Crippen molar-refractivity contribution in [1.29, 1.82) is 0 Å². The monoisotopic (exact) mass is 327 g/mol. The van der Waals surface area contributed by atoms with Gasteiger partial charge < -0.3 is 15.0 Å². The largest absolute Gasteiger partial charge is 0.375 e. The fourth-order valence-corrected chi connectivity index (χ4v) is 2.85. The Morgan fingerprint density at radius 1 is 1.33 bits per heavy atom. The molecule has 24 heavy (non-hydrogen) atoms. The second-order valence-corrected chi connectivity index (χ2v) is 6.45. The molecule has 7 heteroatoms. The molecule has 2 aliphatic rings. The molecule has 1 aliphatic carbocycles. The summed E-state index contributed by atoms with van der Waals surface area (Å²) in [6.45, 7) is 3.79. The molecule has 0 bridgehead atoms. The molecule has 2 fully saturated rings. The minimum Gasteiger partial charge on any atom is -0.375 e. The summed E-state index contributed by atoms with van der Waals surface area (Å²) in [5.74, 6) is 2.24. The van der Waals surface area contributed by atoms with Gasteiger partial charge in [0.25, 0.3) is 0 Å². The van der Waals surface area contributed by atoms with Gasteiger partial charge in [-0.25, -0.2) is 9.78 Å². The number of urea groups is 1. The van der Waals surface area contributed by atoms with Crippen molar-refractivity contribution in [3.05, 3.63) is 30.1 Å². The first-order valence-corrected chi connectivity index (χ1v) is 8.39. The average molecular weight is 327 g/mol. The molecule has 1 aliphatic heterocycles. The quantitative estimate of drug-likeness (QED) is 0.908. The second kappa shape index (κ2) is 6.24. The number of nitrogens with zero attached hydrogens (tertiary/aromatic N) is 3. The van der Waals surface area contributed by atoms with Gasteiger partial charge in [0.15, 0.2) is 5.82 Å². The summed E-state index contributed by atoms with van der Waals surface area (Å²) in [4.78, 5) is 18.6. The summed E-state index contributed by atoms with van der Waals surface area (Å²) in [6, 6.07) is 7.52. The molecule has 0 spiro atoms. The number of aromatic nitrogens is 3. The van der Waals surface area contributed by atoms with Gasteiger partial charge >= 0.3 is 6.03 Å². The summed E-state index contributed by atoms with van der Waals surface area (Å²) < 4.78 is 5.46. The molecular formula is C17H21N5O2. The second-order valence-electron chi connectivity index (χ2n) is 6.45. The minimum atomic E-state index is -0.0909. The van der Waals surface area contributed by atoms with Gasteiger partial charge in [-0.2, -0.15) is 5.10 Å². The van der Waals surface area contributed by atoms with Crippen LogP contribution in [0.1, 0.15) is 31.5 Å². The van der Waals surface area contributed by atoms with E-state index in [1.807, 2.05) is 31.2 Å². The van der Waals surface area contributed by atoms with E-state index in [0.29, 0.717) is 31.4 Å². The van der Waals surface area contributed by atoms with Crippen molar-refractivity contribution < 1.29 is 9.53 Å². The van der Waals surface area contributed by atoms with E-state index < -0.39 is 0 Å². The molecule has 1 saturated carbocycles. The van der Waals surface area contributed by atoms with Gasteiger partial charge in [0, 0.05) is 30.3 Å². The van der Waals surface area contributed by atoms with E-state index >= 15 is 0 Å². The van der Waals surface area contributed by atoms with Crippen LogP contribution in [0, 0.1) is 0 Å². The zero-order valence-electron chi connectivity index (χ0n) is 13.7. The van der Waals surface area contributed by atoms with Crippen molar-refractivity contribution in [2.24, 2.45) is 0 Å². The Morgan fingerprint density at radius 3 is 2.83 bits per heavy atom. The van der Waals surface area contributed by atoms with Crippen LogP contribution in [0.4, 0.5) is 10.5 Å². The highest BCUT2D eigenvalue weighted by atomic mass is 16.5. The van der Waals surface area contributed by atoms with Crippen LogP contribution in [0.2, 0.25) is 0 Å². The van der Waals surface area contributed by atoms with Crippen molar-refractivity contribution >= 4 is 11.7 Å². The normalized spacial score (nSPS) is 20.9. The lowest BCUT2D eigenvalue weighted by Gasteiger charge is -2.31. The maximum Gasteiger partial charge on any atom is 0.322 e. The van der Waals surface area contributed by atoms with E-state index in [-0.39, 0.29) is 12.1 Å². The van der Waals surface area contributed by atoms with E-state index in [9.17, 15) is 4.79 Å². The SMILES string of the molecule is C[C@H]1CN(C(=O)Nc2ccc(-c3n[nH]c(C4CC4)n3)cc2)CCO1. The van der Waals surface area contributed by atoms with Gasteiger partial charge in [-0.3, -0.25) is 5.10 Å². The Morgan fingerprint density at radius 2 is 2.12 bits per heavy atom. The van der Waals surface area contributed by atoms with Crippen LogP contribution in [0.5, 0.6) is 0 Å². The van der Waals surface area contributed by atoms with Gasteiger partial charge in [0.05, 0.1) is 12.7 Å². The Labute approximate surface area is 140 Å². The summed E-state index contributed by atoms with van der Waals surface area (Å²) in [7, 11) is 0. The maximum atomic E-state index is 12.3. The first kappa shape index (κ1) is 15.1. The molecule has 1 aromatic heterocycles. The number of morpholine rings is 1. The third-order valence-corrected chi connectivity index (χ3v) is 4.39.